The van der Waals surface area contributed by atoms with Crippen molar-refractivity contribution >= 4 is 31.9 Å². The molecule has 8 heteroatoms. The van der Waals surface area contributed by atoms with E-state index in [4.69, 9.17) is 15.1 Å². The van der Waals surface area contributed by atoms with Crippen molar-refractivity contribution in [2.45, 2.75) is 17.9 Å². The number of sulfonamides is 1. The van der Waals surface area contributed by atoms with Gasteiger partial charge < -0.3 is 4.74 Å². The lowest BCUT2D eigenvalue weighted by atomic mass is 10.2. The minimum Gasteiger partial charge on any atom is -0.444 e. The van der Waals surface area contributed by atoms with Gasteiger partial charge in [-0.3, -0.25) is 0 Å². The fourth-order valence-electron chi connectivity index (χ4n) is 1.09. The molecule has 0 aliphatic heterocycles. The third-order valence-corrected chi connectivity index (χ3v) is 3.55. The standard InChI is InChI=1S/C10H9BrN2O4S/c1-6(5-12)17-10(14)8-4-7(18(13,15)16)2-3-9(8)11/h2-4,6H,1H3,(H2,13,15,16)/t6-/m1/s1. The summed E-state index contributed by atoms with van der Waals surface area (Å²) in [7, 11) is -3.90. The predicted octanol–water partition coefficient (Wildman–Crippen LogP) is 1.17. The molecule has 1 aromatic rings. The fourth-order valence-corrected chi connectivity index (χ4v) is 2.04. The lowest BCUT2D eigenvalue weighted by Crippen LogP contribution is -2.16. The molecule has 0 unspecified atom stereocenters. The predicted molar refractivity (Wildman–Crippen MR) is 66.0 cm³/mol. The van der Waals surface area contributed by atoms with E-state index in [-0.39, 0.29) is 10.5 Å². The van der Waals surface area contributed by atoms with Crippen LogP contribution >= 0.6 is 15.9 Å². The zero-order valence-electron chi connectivity index (χ0n) is 9.25. The number of nitrogens with two attached hydrogens (primary N) is 1. The van der Waals surface area contributed by atoms with E-state index in [1.54, 1.807) is 6.07 Å². The van der Waals surface area contributed by atoms with Crippen LogP contribution in [0.2, 0.25) is 0 Å². The molecule has 1 aromatic carbocycles. The molecule has 96 valence electrons. The number of nitriles is 1. The van der Waals surface area contributed by atoms with E-state index in [1.165, 1.54) is 19.1 Å². The maximum Gasteiger partial charge on any atom is 0.340 e. The van der Waals surface area contributed by atoms with Gasteiger partial charge >= 0.3 is 5.97 Å². The van der Waals surface area contributed by atoms with Crippen LogP contribution in [-0.2, 0) is 14.8 Å². The molecule has 0 bridgehead atoms. The SMILES string of the molecule is C[C@H](C#N)OC(=O)c1cc(S(N)(=O)=O)ccc1Br. The number of hydrogen-bond acceptors (Lipinski definition) is 5. The molecule has 0 spiro atoms. The summed E-state index contributed by atoms with van der Waals surface area (Å²) in [5.74, 6) is -0.804. The quantitative estimate of drug-likeness (QED) is 0.835. The first-order valence-corrected chi connectivity index (χ1v) is 7.02. The van der Waals surface area contributed by atoms with E-state index < -0.39 is 22.1 Å². The van der Waals surface area contributed by atoms with Gasteiger partial charge in [0.05, 0.1) is 10.5 Å². The molecule has 18 heavy (non-hydrogen) atoms. The van der Waals surface area contributed by atoms with Gasteiger partial charge in [0.25, 0.3) is 0 Å². The second-order valence-corrected chi connectivity index (χ2v) is 5.78. The Labute approximate surface area is 113 Å². The van der Waals surface area contributed by atoms with Gasteiger partial charge in [-0.2, -0.15) is 5.26 Å². The lowest BCUT2D eigenvalue weighted by molar-refractivity contribution is 0.0434. The van der Waals surface area contributed by atoms with E-state index >= 15 is 0 Å². The minimum atomic E-state index is -3.90. The third kappa shape index (κ3) is 3.53. The minimum absolute atomic E-state index is 0.0105. The lowest BCUT2D eigenvalue weighted by Gasteiger charge is -2.08. The normalized spacial score (nSPS) is 12.6. The summed E-state index contributed by atoms with van der Waals surface area (Å²) in [6.07, 6.45) is -0.928. The van der Waals surface area contributed by atoms with E-state index in [2.05, 4.69) is 15.9 Å². The molecule has 0 fully saturated rings. The molecular weight excluding hydrogens is 324 g/mol. The Morgan fingerprint density at radius 1 is 1.56 bits per heavy atom. The molecule has 0 heterocycles. The largest absolute Gasteiger partial charge is 0.444 e. The Kier molecular flexibility index (Phi) is 4.45. The van der Waals surface area contributed by atoms with Crippen molar-refractivity contribution in [3.8, 4) is 6.07 Å². The number of hydrogen-bond donors (Lipinski definition) is 1. The van der Waals surface area contributed by atoms with E-state index in [0.29, 0.717) is 4.47 Å². The van der Waals surface area contributed by atoms with Crippen LogP contribution < -0.4 is 5.14 Å². The zero-order chi connectivity index (χ0) is 13.9. The highest BCUT2D eigenvalue weighted by Gasteiger charge is 2.18. The highest BCUT2D eigenvalue weighted by Crippen LogP contribution is 2.21. The van der Waals surface area contributed by atoms with Crippen molar-refractivity contribution in [1.82, 2.24) is 0 Å². The second-order valence-electron chi connectivity index (χ2n) is 3.36. The van der Waals surface area contributed by atoms with Crippen LogP contribution in [-0.4, -0.2) is 20.5 Å². The molecular formula is C10H9BrN2O4S. The summed E-state index contributed by atoms with van der Waals surface area (Å²) >= 11 is 3.09. The van der Waals surface area contributed by atoms with Gasteiger partial charge in [-0.15, -0.1) is 0 Å². The molecule has 1 rings (SSSR count). The van der Waals surface area contributed by atoms with Crippen LogP contribution in [0.25, 0.3) is 0 Å². The van der Waals surface area contributed by atoms with Crippen molar-refractivity contribution in [1.29, 1.82) is 5.26 Å². The number of benzene rings is 1. The number of carbonyl (C=O) groups excluding carboxylic acids is 1. The summed E-state index contributed by atoms with van der Waals surface area (Å²) in [6.45, 7) is 1.40. The molecule has 0 radical (unpaired) electrons. The van der Waals surface area contributed by atoms with E-state index in [0.717, 1.165) is 6.07 Å². The zero-order valence-corrected chi connectivity index (χ0v) is 11.7. The average molecular weight is 333 g/mol. The molecule has 6 nitrogen and oxygen atoms in total. The number of ether oxygens (including phenoxy) is 1. The van der Waals surface area contributed by atoms with Gasteiger partial charge in [0.1, 0.15) is 6.07 Å². The van der Waals surface area contributed by atoms with Gasteiger partial charge in [-0.05, 0) is 41.1 Å². The highest BCUT2D eigenvalue weighted by molar-refractivity contribution is 9.10. The number of halogens is 1. The van der Waals surface area contributed by atoms with Crippen LogP contribution in [0, 0.1) is 11.3 Å². The summed E-state index contributed by atoms with van der Waals surface area (Å²) in [5, 5.41) is 13.5. The first-order valence-electron chi connectivity index (χ1n) is 4.68. The summed E-state index contributed by atoms with van der Waals surface area (Å²) < 4.78 is 27.4. The third-order valence-electron chi connectivity index (χ3n) is 1.95. The van der Waals surface area contributed by atoms with Gasteiger partial charge in [-0.1, -0.05) is 0 Å². The Morgan fingerprint density at radius 2 is 2.17 bits per heavy atom. The van der Waals surface area contributed by atoms with Crippen molar-refractivity contribution in [3.63, 3.8) is 0 Å². The van der Waals surface area contributed by atoms with Crippen molar-refractivity contribution in [2.75, 3.05) is 0 Å². The first-order chi connectivity index (χ1) is 8.25. The summed E-state index contributed by atoms with van der Waals surface area (Å²) in [4.78, 5) is 11.5. The Morgan fingerprint density at radius 3 is 2.67 bits per heavy atom. The van der Waals surface area contributed by atoms with Gasteiger partial charge in [0, 0.05) is 4.47 Å². The molecule has 0 aliphatic carbocycles. The monoisotopic (exact) mass is 332 g/mol. The van der Waals surface area contributed by atoms with Crippen LogP contribution in [0.3, 0.4) is 0 Å². The van der Waals surface area contributed by atoms with Crippen molar-refractivity contribution < 1.29 is 17.9 Å². The highest BCUT2D eigenvalue weighted by atomic mass is 79.9. The van der Waals surface area contributed by atoms with Gasteiger partial charge in [0.15, 0.2) is 6.10 Å². The Bertz CT molecular complexity index is 621. The second kappa shape index (κ2) is 5.48. The van der Waals surface area contributed by atoms with Crippen LogP contribution in [0.4, 0.5) is 0 Å². The average Bonchev–Trinajstić information content (AvgIpc) is 2.27. The Balaban J connectivity index is 3.17. The van der Waals surface area contributed by atoms with Crippen LogP contribution in [0.1, 0.15) is 17.3 Å². The summed E-state index contributed by atoms with van der Waals surface area (Å²) in [6, 6.07) is 5.44. The van der Waals surface area contributed by atoms with E-state index in [1.807, 2.05) is 0 Å². The van der Waals surface area contributed by atoms with Crippen LogP contribution in [0.15, 0.2) is 27.6 Å². The van der Waals surface area contributed by atoms with Gasteiger partial charge in [-0.25, -0.2) is 18.4 Å². The molecule has 0 aliphatic rings. The number of nitrogens with zero attached hydrogens (tertiary/aromatic N) is 1. The molecule has 0 aromatic heterocycles. The van der Waals surface area contributed by atoms with Crippen LogP contribution in [0.5, 0.6) is 0 Å². The smallest absolute Gasteiger partial charge is 0.340 e. The topological polar surface area (TPSA) is 110 Å². The first kappa shape index (κ1) is 14.6. The van der Waals surface area contributed by atoms with Gasteiger partial charge in [0.2, 0.25) is 10.0 Å². The maximum atomic E-state index is 11.7. The number of esters is 1. The number of carbonyl (C=O) groups is 1. The number of rotatable bonds is 3. The molecule has 1 atom stereocenters. The van der Waals surface area contributed by atoms with E-state index in [9.17, 15) is 13.2 Å². The molecule has 2 N–H and O–H groups in total. The molecule has 0 amide bonds. The summed E-state index contributed by atoms with van der Waals surface area (Å²) in [5.41, 5.74) is -0.0105. The number of primary sulfonamides is 1. The molecule has 0 saturated heterocycles. The molecule has 0 saturated carbocycles. The van der Waals surface area contributed by atoms with Crippen molar-refractivity contribution in [3.05, 3.63) is 28.2 Å². The maximum absolute atomic E-state index is 11.7. The van der Waals surface area contributed by atoms with Crippen molar-refractivity contribution in [2.24, 2.45) is 5.14 Å². The fraction of sp³-hybridized carbons (Fsp3) is 0.200. The Hall–Kier alpha value is -1.43.